The van der Waals surface area contributed by atoms with E-state index in [1.807, 2.05) is 24.3 Å². The van der Waals surface area contributed by atoms with Gasteiger partial charge in [0.15, 0.2) is 0 Å². The molecule has 1 amide bonds. The van der Waals surface area contributed by atoms with Crippen molar-refractivity contribution in [3.8, 4) is 11.1 Å². The van der Waals surface area contributed by atoms with Crippen LogP contribution in [0.5, 0.6) is 0 Å². The Labute approximate surface area is 159 Å². The van der Waals surface area contributed by atoms with Crippen molar-refractivity contribution in [1.82, 2.24) is 4.98 Å². The normalized spacial score (nSPS) is 11.0. The lowest BCUT2D eigenvalue weighted by molar-refractivity contribution is -0.137. The summed E-state index contributed by atoms with van der Waals surface area (Å²) in [5, 5.41) is 5.73. The number of aromatic nitrogens is 1. The van der Waals surface area contributed by atoms with E-state index < -0.39 is 11.7 Å². The van der Waals surface area contributed by atoms with Gasteiger partial charge >= 0.3 is 6.18 Å². The second kappa shape index (κ2) is 7.96. The van der Waals surface area contributed by atoms with E-state index in [0.717, 1.165) is 29.3 Å². The summed E-state index contributed by atoms with van der Waals surface area (Å²) in [7, 11) is 0. The van der Waals surface area contributed by atoms with Gasteiger partial charge in [-0.3, -0.25) is 4.79 Å². The van der Waals surface area contributed by atoms with Gasteiger partial charge in [-0.25, -0.2) is 4.98 Å². The van der Waals surface area contributed by atoms with Gasteiger partial charge < -0.3 is 10.6 Å². The van der Waals surface area contributed by atoms with Crippen molar-refractivity contribution in [3.63, 3.8) is 0 Å². The SMILES string of the molecule is C=CC(=O)Nc1cc(-c2ccccc2Nc2ccc(C(F)(F)F)cc2)ccn1. The number of carbonyl (C=O) groups excluding carboxylic acids is 1. The van der Waals surface area contributed by atoms with E-state index in [-0.39, 0.29) is 5.91 Å². The van der Waals surface area contributed by atoms with E-state index in [4.69, 9.17) is 0 Å². The third-order valence-electron chi connectivity index (χ3n) is 3.93. The predicted octanol–water partition coefficient (Wildman–Crippen LogP) is 5.64. The molecule has 0 atom stereocenters. The highest BCUT2D eigenvalue weighted by Gasteiger charge is 2.29. The molecule has 2 aromatic carbocycles. The zero-order valence-electron chi connectivity index (χ0n) is 14.6. The van der Waals surface area contributed by atoms with Gasteiger partial charge in [0.25, 0.3) is 0 Å². The number of para-hydroxylation sites is 1. The van der Waals surface area contributed by atoms with Gasteiger partial charge in [-0.1, -0.05) is 24.8 Å². The minimum absolute atomic E-state index is 0.367. The lowest BCUT2D eigenvalue weighted by Gasteiger charge is -2.14. The number of halogens is 3. The molecule has 142 valence electrons. The highest BCUT2D eigenvalue weighted by Crippen LogP contribution is 2.33. The van der Waals surface area contributed by atoms with Crippen molar-refractivity contribution in [1.29, 1.82) is 0 Å². The molecule has 0 unspecified atom stereocenters. The molecule has 3 aromatic rings. The minimum atomic E-state index is -4.38. The molecule has 28 heavy (non-hydrogen) atoms. The molecule has 0 bridgehead atoms. The number of amides is 1. The summed E-state index contributed by atoms with van der Waals surface area (Å²) in [5.74, 6) is -0.00690. The maximum Gasteiger partial charge on any atom is 0.416 e. The number of nitrogens with one attached hydrogen (secondary N) is 2. The van der Waals surface area contributed by atoms with E-state index >= 15 is 0 Å². The van der Waals surface area contributed by atoms with Crippen LogP contribution in [0.15, 0.2) is 79.5 Å². The summed E-state index contributed by atoms with van der Waals surface area (Å²) in [6.07, 6.45) is -1.67. The highest BCUT2D eigenvalue weighted by atomic mass is 19.4. The van der Waals surface area contributed by atoms with Crippen LogP contribution in [0.4, 0.5) is 30.4 Å². The molecule has 0 saturated carbocycles. The molecule has 0 spiro atoms. The summed E-state index contributed by atoms with van der Waals surface area (Å²) < 4.78 is 38.2. The van der Waals surface area contributed by atoms with E-state index in [1.165, 1.54) is 12.1 Å². The Morgan fingerprint density at radius 2 is 1.75 bits per heavy atom. The van der Waals surface area contributed by atoms with Gasteiger partial charge in [0.2, 0.25) is 5.91 Å². The maximum absolute atomic E-state index is 12.7. The first-order chi connectivity index (χ1) is 13.4. The number of benzene rings is 2. The van der Waals surface area contributed by atoms with Crippen LogP contribution in [0.2, 0.25) is 0 Å². The third-order valence-corrected chi connectivity index (χ3v) is 3.93. The zero-order valence-corrected chi connectivity index (χ0v) is 14.6. The molecule has 0 fully saturated rings. The Kier molecular flexibility index (Phi) is 5.44. The van der Waals surface area contributed by atoms with E-state index in [0.29, 0.717) is 17.2 Å². The first kappa shape index (κ1) is 19.2. The lowest BCUT2D eigenvalue weighted by Crippen LogP contribution is -2.08. The third kappa shape index (κ3) is 4.56. The summed E-state index contributed by atoms with van der Waals surface area (Å²) >= 11 is 0. The molecule has 0 aliphatic carbocycles. The summed E-state index contributed by atoms with van der Waals surface area (Å²) in [5.41, 5.74) is 2.11. The summed E-state index contributed by atoms with van der Waals surface area (Å²) in [6, 6.07) is 15.6. The fraction of sp³-hybridized carbons (Fsp3) is 0.0476. The predicted molar refractivity (Wildman–Crippen MR) is 103 cm³/mol. The van der Waals surface area contributed by atoms with Gasteiger partial charge in [-0.05, 0) is 54.1 Å². The molecular formula is C21H16F3N3O. The molecule has 0 saturated heterocycles. The average Bonchev–Trinajstić information content (AvgIpc) is 2.68. The standard InChI is InChI=1S/C21H16F3N3O/c1-2-20(28)27-19-13-14(11-12-25-19)17-5-3-4-6-18(17)26-16-9-7-15(8-10-16)21(22,23)24/h2-13,26H,1H2,(H,25,27,28). The van der Waals surface area contributed by atoms with Crippen LogP contribution < -0.4 is 10.6 Å². The van der Waals surface area contributed by atoms with Crippen LogP contribution in [0.25, 0.3) is 11.1 Å². The number of anilines is 3. The van der Waals surface area contributed by atoms with Gasteiger partial charge in [0.1, 0.15) is 5.82 Å². The molecule has 0 aliphatic heterocycles. The van der Waals surface area contributed by atoms with Crippen LogP contribution in [0.3, 0.4) is 0 Å². The van der Waals surface area contributed by atoms with Gasteiger partial charge in [-0.15, -0.1) is 0 Å². The number of rotatable bonds is 5. The molecule has 4 nitrogen and oxygen atoms in total. The van der Waals surface area contributed by atoms with Crippen LogP contribution in [-0.4, -0.2) is 10.9 Å². The molecule has 2 N–H and O–H groups in total. The van der Waals surface area contributed by atoms with Gasteiger partial charge in [0, 0.05) is 23.1 Å². The van der Waals surface area contributed by atoms with Crippen molar-refractivity contribution < 1.29 is 18.0 Å². The fourth-order valence-electron chi connectivity index (χ4n) is 2.59. The monoisotopic (exact) mass is 383 g/mol. The smallest absolute Gasteiger partial charge is 0.355 e. The number of alkyl halides is 3. The van der Waals surface area contributed by atoms with Crippen molar-refractivity contribution in [2.45, 2.75) is 6.18 Å². The largest absolute Gasteiger partial charge is 0.416 e. The number of carbonyl (C=O) groups is 1. The van der Waals surface area contributed by atoms with Gasteiger partial charge in [-0.2, -0.15) is 13.2 Å². The molecule has 3 rings (SSSR count). The second-order valence-electron chi connectivity index (χ2n) is 5.87. The molecule has 7 heteroatoms. The Hall–Kier alpha value is -3.61. The first-order valence-electron chi connectivity index (χ1n) is 8.30. The van der Waals surface area contributed by atoms with Crippen molar-refractivity contribution >= 4 is 23.1 Å². The number of pyridine rings is 1. The maximum atomic E-state index is 12.7. The van der Waals surface area contributed by atoms with Crippen molar-refractivity contribution in [3.05, 3.63) is 85.1 Å². The van der Waals surface area contributed by atoms with Crippen molar-refractivity contribution in [2.75, 3.05) is 10.6 Å². The summed E-state index contributed by atoms with van der Waals surface area (Å²) in [4.78, 5) is 15.6. The minimum Gasteiger partial charge on any atom is -0.355 e. The fourth-order valence-corrected chi connectivity index (χ4v) is 2.59. The Balaban J connectivity index is 1.89. The Morgan fingerprint density at radius 3 is 2.43 bits per heavy atom. The molecule has 1 aromatic heterocycles. The van der Waals surface area contributed by atoms with Crippen LogP contribution in [-0.2, 0) is 11.0 Å². The van der Waals surface area contributed by atoms with E-state index in [9.17, 15) is 18.0 Å². The van der Waals surface area contributed by atoms with Crippen LogP contribution in [0, 0.1) is 0 Å². The quantitative estimate of drug-likeness (QED) is 0.561. The molecular weight excluding hydrogens is 367 g/mol. The number of hydrogen-bond acceptors (Lipinski definition) is 3. The van der Waals surface area contributed by atoms with E-state index in [1.54, 1.807) is 18.3 Å². The average molecular weight is 383 g/mol. The lowest BCUT2D eigenvalue weighted by atomic mass is 10.0. The van der Waals surface area contributed by atoms with Crippen LogP contribution >= 0.6 is 0 Å². The van der Waals surface area contributed by atoms with Crippen molar-refractivity contribution in [2.24, 2.45) is 0 Å². The zero-order chi connectivity index (χ0) is 20.1. The topological polar surface area (TPSA) is 54.0 Å². The number of nitrogens with zero attached hydrogens (tertiary/aromatic N) is 1. The Morgan fingerprint density at radius 1 is 1.04 bits per heavy atom. The molecule has 0 radical (unpaired) electrons. The second-order valence-corrected chi connectivity index (χ2v) is 5.87. The molecule has 1 heterocycles. The number of hydrogen-bond donors (Lipinski definition) is 2. The first-order valence-corrected chi connectivity index (χ1v) is 8.30. The van der Waals surface area contributed by atoms with E-state index in [2.05, 4.69) is 22.2 Å². The van der Waals surface area contributed by atoms with Gasteiger partial charge in [0.05, 0.1) is 5.56 Å². The summed E-state index contributed by atoms with van der Waals surface area (Å²) in [6.45, 7) is 3.40. The Bertz CT molecular complexity index is 998. The molecule has 0 aliphatic rings. The highest BCUT2D eigenvalue weighted by molar-refractivity contribution is 5.98. The van der Waals surface area contributed by atoms with Crippen LogP contribution in [0.1, 0.15) is 5.56 Å².